The average molecular weight is 249 g/mol. The van der Waals surface area contributed by atoms with Crippen LogP contribution >= 0.6 is 11.6 Å². The smallest absolute Gasteiger partial charge is 0.100 e. The van der Waals surface area contributed by atoms with Crippen molar-refractivity contribution >= 4 is 11.6 Å². The van der Waals surface area contributed by atoms with E-state index in [4.69, 9.17) is 16.3 Å². The third-order valence-electron chi connectivity index (χ3n) is 5.23. The monoisotopic (exact) mass is 248 g/mol. The molecule has 2 aliphatic carbocycles. The Balaban J connectivity index is 1.55. The molecule has 3 aliphatic rings. The van der Waals surface area contributed by atoms with Crippen LogP contribution in [0.1, 0.15) is 31.2 Å². The number of fused-ring (bicyclic) bond motifs is 1. The molecule has 1 aromatic carbocycles. The van der Waals surface area contributed by atoms with Gasteiger partial charge in [-0.2, -0.15) is 0 Å². The predicted octanol–water partition coefficient (Wildman–Crippen LogP) is 3.84. The van der Waals surface area contributed by atoms with Gasteiger partial charge in [0.25, 0.3) is 0 Å². The molecule has 4 rings (SSSR count). The van der Waals surface area contributed by atoms with Crippen molar-refractivity contribution in [3.05, 3.63) is 34.9 Å². The molecule has 1 heterocycles. The lowest BCUT2D eigenvalue weighted by Gasteiger charge is -2.20. The minimum absolute atomic E-state index is 0.284. The fourth-order valence-electron chi connectivity index (χ4n) is 3.94. The Hall–Kier alpha value is -0.530. The molecule has 17 heavy (non-hydrogen) atoms. The van der Waals surface area contributed by atoms with Crippen LogP contribution in [0.15, 0.2) is 24.3 Å². The van der Waals surface area contributed by atoms with Crippen LogP contribution in [0.5, 0.6) is 0 Å². The summed E-state index contributed by atoms with van der Waals surface area (Å²) in [6.45, 7) is 1.02. The van der Waals surface area contributed by atoms with E-state index in [1.807, 2.05) is 12.1 Å². The molecular weight excluding hydrogens is 232 g/mol. The molecule has 1 nitrogen and oxygen atoms in total. The Bertz CT molecular complexity index is 442. The van der Waals surface area contributed by atoms with E-state index in [-0.39, 0.29) is 5.60 Å². The van der Waals surface area contributed by atoms with Gasteiger partial charge in [-0.05, 0) is 55.7 Å². The quantitative estimate of drug-likeness (QED) is 0.725. The fraction of sp³-hybridized carbons (Fsp3) is 0.600. The molecule has 1 aromatic rings. The van der Waals surface area contributed by atoms with Crippen LogP contribution in [0.4, 0.5) is 0 Å². The second kappa shape index (κ2) is 3.27. The van der Waals surface area contributed by atoms with Crippen LogP contribution in [0, 0.1) is 11.3 Å². The van der Waals surface area contributed by atoms with E-state index in [9.17, 15) is 0 Å². The molecule has 0 bridgehead atoms. The van der Waals surface area contributed by atoms with Crippen LogP contribution in [0.2, 0.25) is 5.02 Å². The molecule has 2 heteroatoms. The highest BCUT2D eigenvalue weighted by molar-refractivity contribution is 6.30. The summed E-state index contributed by atoms with van der Waals surface area (Å²) in [5.74, 6) is 0.742. The fourth-order valence-corrected chi connectivity index (χ4v) is 4.07. The van der Waals surface area contributed by atoms with E-state index < -0.39 is 0 Å². The molecule has 2 saturated carbocycles. The lowest BCUT2D eigenvalue weighted by Crippen LogP contribution is -2.28. The molecule has 2 unspecified atom stereocenters. The normalized spacial score (nSPS) is 36.6. The number of benzene rings is 1. The van der Waals surface area contributed by atoms with Gasteiger partial charge >= 0.3 is 0 Å². The van der Waals surface area contributed by atoms with Gasteiger partial charge in [0, 0.05) is 10.4 Å². The Morgan fingerprint density at radius 2 is 1.88 bits per heavy atom. The van der Waals surface area contributed by atoms with E-state index in [0.29, 0.717) is 5.41 Å². The zero-order chi connectivity index (χ0) is 11.5. The van der Waals surface area contributed by atoms with Gasteiger partial charge < -0.3 is 4.74 Å². The molecular formula is C15H17ClO. The first-order chi connectivity index (χ1) is 8.24. The first-order valence-corrected chi connectivity index (χ1v) is 7.00. The van der Waals surface area contributed by atoms with E-state index in [1.54, 1.807) is 0 Å². The topological polar surface area (TPSA) is 12.5 Å². The number of halogens is 1. The lowest BCUT2D eigenvalue weighted by molar-refractivity contribution is 0.182. The maximum atomic E-state index is 5.93. The lowest BCUT2D eigenvalue weighted by atomic mass is 9.84. The van der Waals surface area contributed by atoms with E-state index >= 15 is 0 Å². The zero-order valence-electron chi connectivity index (χ0n) is 9.92. The number of epoxide rings is 1. The second-order valence-electron chi connectivity index (χ2n) is 6.02. The van der Waals surface area contributed by atoms with Crippen molar-refractivity contribution in [1.82, 2.24) is 0 Å². The molecule has 0 aromatic heterocycles. The first kappa shape index (κ1) is 10.4. The summed E-state index contributed by atoms with van der Waals surface area (Å²) in [5.41, 5.74) is 2.29. The Kier molecular flexibility index (Phi) is 2.00. The zero-order valence-corrected chi connectivity index (χ0v) is 10.7. The van der Waals surface area contributed by atoms with Gasteiger partial charge in [0.15, 0.2) is 0 Å². The maximum Gasteiger partial charge on any atom is 0.100 e. The number of hydrogen-bond acceptors (Lipinski definition) is 1. The van der Waals surface area contributed by atoms with Crippen molar-refractivity contribution in [2.45, 2.75) is 37.7 Å². The molecule has 2 spiro atoms. The summed E-state index contributed by atoms with van der Waals surface area (Å²) < 4.78 is 5.92. The number of rotatable bonds is 2. The Morgan fingerprint density at radius 1 is 1.18 bits per heavy atom. The van der Waals surface area contributed by atoms with Crippen molar-refractivity contribution in [1.29, 1.82) is 0 Å². The van der Waals surface area contributed by atoms with Crippen molar-refractivity contribution in [2.24, 2.45) is 11.3 Å². The summed E-state index contributed by atoms with van der Waals surface area (Å²) >= 11 is 5.93. The van der Waals surface area contributed by atoms with E-state index in [2.05, 4.69) is 12.1 Å². The minimum atomic E-state index is 0.284. The molecule has 90 valence electrons. The molecule has 0 N–H and O–H groups in total. The van der Waals surface area contributed by atoms with Gasteiger partial charge in [-0.1, -0.05) is 23.7 Å². The highest BCUT2D eigenvalue weighted by Gasteiger charge is 2.73. The summed E-state index contributed by atoms with van der Waals surface area (Å²) in [6.07, 6.45) is 6.72. The Labute approximate surface area is 107 Å². The highest BCUT2D eigenvalue weighted by Crippen LogP contribution is 2.71. The molecule has 0 amide bonds. The first-order valence-electron chi connectivity index (χ1n) is 6.63. The van der Waals surface area contributed by atoms with Gasteiger partial charge in [0.2, 0.25) is 0 Å². The number of hydrogen-bond donors (Lipinski definition) is 0. The van der Waals surface area contributed by atoms with E-state index in [1.165, 1.54) is 37.7 Å². The van der Waals surface area contributed by atoms with Crippen molar-refractivity contribution < 1.29 is 4.74 Å². The molecule has 2 atom stereocenters. The predicted molar refractivity (Wildman–Crippen MR) is 68.2 cm³/mol. The van der Waals surface area contributed by atoms with Crippen LogP contribution in [-0.2, 0) is 11.2 Å². The third kappa shape index (κ3) is 1.42. The largest absolute Gasteiger partial charge is 0.369 e. The Morgan fingerprint density at radius 3 is 2.47 bits per heavy atom. The van der Waals surface area contributed by atoms with Crippen molar-refractivity contribution in [3.63, 3.8) is 0 Å². The van der Waals surface area contributed by atoms with Gasteiger partial charge in [0.05, 0.1) is 6.61 Å². The number of ether oxygens (including phenoxy) is 1. The van der Waals surface area contributed by atoms with Gasteiger partial charge in [-0.3, -0.25) is 0 Å². The molecule has 1 saturated heterocycles. The summed E-state index contributed by atoms with van der Waals surface area (Å²) in [7, 11) is 0. The second-order valence-corrected chi connectivity index (χ2v) is 6.46. The van der Waals surface area contributed by atoms with Gasteiger partial charge in [0.1, 0.15) is 5.60 Å². The van der Waals surface area contributed by atoms with E-state index in [0.717, 1.165) is 17.5 Å². The molecule has 3 fully saturated rings. The standard InChI is InChI=1S/C15H17ClO/c16-13-3-1-11(2-4-13)9-12-5-6-14(7-8-14)15(12)10-17-15/h1-4,12H,5-10H2. The highest BCUT2D eigenvalue weighted by atomic mass is 35.5. The molecule has 0 radical (unpaired) electrons. The van der Waals surface area contributed by atoms with Crippen LogP contribution in [0.3, 0.4) is 0 Å². The van der Waals surface area contributed by atoms with Crippen LogP contribution in [0.25, 0.3) is 0 Å². The SMILES string of the molecule is Clc1ccc(CC2CCC3(CC3)C23CO3)cc1. The summed E-state index contributed by atoms with van der Waals surface area (Å²) in [4.78, 5) is 0. The van der Waals surface area contributed by atoms with Crippen molar-refractivity contribution in [2.75, 3.05) is 6.61 Å². The summed E-state index contributed by atoms with van der Waals surface area (Å²) in [5, 5.41) is 0.830. The van der Waals surface area contributed by atoms with Crippen molar-refractivity contribution in [3.8, 4) is 0 Å². The van der Waals surface area contributed by atoms with Crippen LogP contribution in [-0.4, -0.2) is 12.2 Å². The minimum Gasteiger partial charge on any atom is -0.369 e. The van der Waals surface area contributed by atoms with Crippen LogP contribution < -0.4 is 0 Å². The molecule has 1 aliphatic heterocycles. The average Bonchev–Trinajstić information content (AvgIpc) is 3.18. The van der Waals surface area contributed by atoms with Gasteiger partial charge in [-0.15, -0.1) is 0 Å². The maximum absolute atomic E-state index is 5.93. The summed E-state index contributed by atoms with van der Waals surface area (Å²) in [6, 6.07) is 8.32. The van der Waals surface area contributed by atoms with Gasteiger partial charge in [-0.25, -0.2) is 0 Å². The third-order valence-corrected chi connectivity index (χ3v) is 5.48.